The zero-order valence-electron chi connectivity index (χ0n) is 22.6. The minimum atomic E-state index is -0.497. The summed E-state index contributed by atoms with van der Waals surface area (Å²) in [5, 5.41) is 19.8. The summed E-state index contributed by atoms with van der Waals surface area (Å²) in [6.07, 6.45) is 6.95. The number of nitrogens with zero attached hydrogens (tertiary/aromatic N) is 3. The van der Waals surface area contributed by atoms with Crippen LogP contribution in [0.4, 0.5) is 16.6 Å². The Bertz CT molecular complexity index is 1240. The normalized spacial score (nSPS) is 27.5. The second-order valence-corrected chi connectivity index (χ2v) is 13.7. The molecule has 1 aromatic carbocycles. The van der Waals surface area contributed by atoms with Crippen LogP contribution in [-0.2, 0) is 11.3 Å². The number of aromatic nitrogens is 2. The highest BCUT2D eigenvalue weighted by atomic mass is 127. The Balaban J connectivity index is 1.24. The lowest BCUT2D eigenvalue weighted by Crippen LogP contribution is -2.60. The van der Waals surface area contributed by atoms with Crippen LogP contribution in [0.1, 0.15) is 69.6 Å². The number of amides is 1. The van der Waals surface area contributed by atoms with Crippen LogP contribution in [0.5, 0.6) is 0 Å². The summed E-state index contributed by atoms with van der Waals surface area (Å²) in [4.78, 5) is 21.6. The van der Waals surface area contributed by atoms with Gasteiger partial charge in [0, 0.05) is 22.7 Å². The molecular weight excluding hydrogens is 591 g/mol. The molecule has 38 heavy (non-hydrogen) atoms. The van der Waals surface area contributed by atoms with Gasteiger partial charge in [0.1, 0.15) is 23.1 Å². The molecule has 1 aromatic heterocycles. The average Bonchev–Trinajstić information content (AvgIpc) is 2.83. The van der Waals surface area contributed by atoms with Crippen LogP contribution in [0, 0.1) is 45.0 Å². The predicted molar refractivity (Wildman–Crippen MR) is 156 cm³/mol. The number of carbonyl (C=O) groups is 1. The fourth-order valence-electron chi connectivity index (χ4n) is 7.08. The number of nitriles is 1. The topological polar surface area (TPSA) is 112 Å². The summed E-state index contributed by atoms with van der Waals surface area (Å²) in [7, 11) is 0. The fraction of sp³-hybridized carbons (Fsp3) is 0.586. The SMILES string of the molecule is Cc1cc(I)ccc1CNc1ncc(C#N)c(NCC23CC4CC(C2)C(NC(=O)OC(C)(C)C)[C@@H](C4)C3)n1. The maximum absolute atomic E-state index is 12.5. The van der Waals surface area contributed by atoms with Crippen molar-refractivity contribution in [2.24, 2.45) is 23.2 Å². The molecule has 9 heteroatoms. The molecule has 4 bridgehead atoms. The molecule has 8 nitrogen and oxygen atoms in total. The monoisotopic (exact) mass is 628 g/mol. The van der Waals surface area contributed by atoms with E-state index >= 15 is 0 Å². The van der Waals surface area contributed by atoms with E-state index in [9.17, 15) is 10.1 Å². The summed E-state index contributed by atoms with van der Waals surface area (Å²) in [5.41, 5.74) is 2.53. The van der Waals surface area contributed by atoms with Gasteiger partial charge in [-0.25, -0.2) is 9.78 Å². The van der Waals surface area contributed by atoms with E-state index in [2.05, 4.69) is 79.7 Å². The van der Waals surface area contributed by atoms with Crippen LogP contribution < -0.4 is 16.0 Å². The van der Waals surface area contributed by atoms with Crippen molar-refractivity contribution in [3.63, 3.8) is 0 Å². The molecule has 4 unspecified atom stereocenters. The summed E-state index contributed by atoms with van der Waals surface area (Å²) in [6, 6.07) is 8.79. The van der Waals surface area contributed by atoms with Gasteiger partial charge in [0.15, 0.2) is 0 Å². The first kappa shape index (κ1) is 27.0. The lowest BCUT2D eigenvalue weighted by Gasteiger charge is -2.60. The van der Waals surface area contributed by atoms with E-state index in [1.54, 1.807) is 6.20 Å². The highest BCUT2D eigenvalue weighted by Gasteiger charge is 2.55. The highest BCUT2D eigenvalue weighted by Crippen LogP contribution is 2.60. The second kappa shape index (κ2) is 10.5. The predicted octanol–water partition coefficient (Wildman–Crippen LogP) is 6.00. The maximum atomic E-state index is 12.5. The minimum absolute atomic E-state index is 0.159. The molecule has 4 aliphatic carbocycles. The number of aryl methyl sites for hydroxylation is 1. The lowest BCUT2D eigenvalue weighted by atomic mass is 9.48. The van der Waals surface area contributed by atoms with Crippen LogP contribution in [0.3, 0.4) is 0 Å². The lowest BCUT2D eigenvalue weighted by molar-refractivity contribution is -0.0703. The van der Waals surface area contributed by atoms with Gasteiger partial charge in [0.25, 0.3) is 0 Å². The van der Waals surface area contributed by atoms with Crippen LogP contribution in [0.2, 0.25) is 0 Å². The number of halogens is 1. The molecule has 1 amide bonds. The molecule has 4 aliphatic rings. The summed E-state index contributed by atoms with van der Waals surface area (Å²) in [6.45, 7) is 9.20. The second-order valence-electron chi connectivity index (χ2n) is 12.5. The molecule has 5 atom stereocenters. The number of carbonyl (C=O) groups excluding carboxylic acids is 1. The first-order valence-electron chi connectivity index (χ1n) is 13.5. The smallest absolute Gasteiger partial charge is 0.407 e. The van der Waals surface area contributed by atoms with Gasteiger partial charge in [-0.1, -0.05) is 6.07 Å². The van der Waals surface area contributed by atoms with E-state index in [-0.39, 0.29) is 17.6 Å². The first-order valence-corrected chi connectivity index (χ1v) is 14.6. The fourth-order valence-corrected chi connectivity index (χ4v) is 7.72. The molecule has 4 saturated carbocycles. The summed E-state index contributed by atoms with van der Waals surface area (Å²) < 4.78 is 6.77. The van der Waals surface area contributed by atoms with Gasteiger partial charge in [-0.05, 0) is 129 Å². The van der Waals surface area contributed by atoms with Gasteiger partial charge < -0.3 is 20.7 Å². The molecule has 0 saturated heterocycles. The Morgan fingerprint density at radius 3 is 2.61 bits per heavy atom. The van der Waals surface area contributed by atoms with Crippen molar-refractivity contribution >= 4 is 40.5 Å². The molecule has 6 rings (SSSR count). The molecular formula is C29H37IN6O2. The van der Waals surface area contributed by atoms with Crippen LogP contribution in [-0.4, -0.2) is 34.2 Å². The van der Waals surface area contributed by atoms with Gasteiger partial charge in [0.05, 0.1) is 6.20 Å². The Morgan fingerprint density at radius 1 is 1.21 bits per heavy atom. The van der Waals surface area contributed by atoms with Gasteiger partial charge in [0.2, 0.25) is 5.95 Å². The largest absolute Gasteiger partial charge is 0.444 e. The molecule has 2 aromatic rings. The van der Waals surface area contributed by atoms with Gasteiger partial charge in [-0.2, -0.15) is 10.2 Å². The molecule has 0 radical (unpaired) electrons. The molecule has 0 aliphatic heterocycles. The standard InChI is InChI=1S/C29H37IN6O2/c1-17-7-23(30)6-5-19(17)14-32-26-33-15-22(13-31)25(36-26)34-16-29-10-18-8-20(11-29)24(21(9-18)12-29)35-27(37)38-28(2,3)4/h5-7,15,18,20-21,24H,8-12,14,16H2,1-4H3,(H,35,37)(H2,32,33,34,36)/t18?,20-,21?,24?,29?/m0/s1. The zero-order valence-corrected chi connectivity index (χ0v) is 24.8. The van der Waals surface area contributed by atoms with Crippen molar-refractivity contribution in [2.45, 2.75) is 78.0 Å². The summed E-state index contributed by atoms with van der Waals surface area (Å²) in [5.74, 6) is 2.72. The number of nitrogens with one attached hydrogen (secondary N) is 3. The average molecular weight is 629 g/mol. The highest BCUT2D eigenvalue weighted by molar-refractivity contribution is 14.1. The van der Waals surface area contributed by atoms with E-state index < -0.39 is 5.60 Å². The van der Waals surface area contributed by atoms with Gasteiger partial charge >= 0.3 is 6.09 Å². The zero-order chi connectivity index (χ0) is 27.1. The molecule has 0 spiro atoms. The molecule has 202 valence electrons. The number of hydrogen-bond donors (Lipinski definition) is 3. The van der Waals surface area contributed by atoms with Crippen LogP contribution in [0.25, 0.3) is 0 Å². The third-order valence-corrected chi connectivity index (χ3v) is 9.04. The quantitative estimate of drug-likeness (QED) is 0.323. The van der Waals surface area contributed by atoms with Crippen molar-refractivity contribution in [3.8, 4) is 6.07 Å². The molecule has 4 fully saturated rings. The van der Waals surface area contributed by atoms with Crippen LogP contribution >= 0.6 is 22.6 Å². The van der Waals surface area contributed by atoms with E-state index in [0.29, 0.717) is 41.6 Å². The number of anilines is 2. The van der Waals surface area contributed by atoms with Crippen molar-refractivity contribution in [1.82, 2.24) is 15.3 Å². The Kier molecular flexibility index (Phi) is 7.46. The molecule has 1 heterocycles. The molecule has 3 N–H and O–H groups in total. The number of ether oxygens (including phenoxy) is 1. The number of hydrogen-bond acceptors (Lipinski definition) is 7. The summed E-state index contributed by atoms with van der Waals surface area (Å²) >= 11 is 2.32. The van der Waals surface area contributed by atoms with Crippen molar-refractivity contribution in [1.29, 1.82) is 5.26 Å². The van der Waals surface area contributed by atoms with Crippen molar-refractivity contribution < 1.29 is 9.53 Å². The van der Waals surface area contributed by atoms with Crippen molar-refractivity contribution in [3.05, 3.63) is 44.7 Å². The third-order valence-electron chi connectivity index (χ3n) is 8.37. The number of benzene rings is 1. The van der Waals surface area contributed by atoms with E-state index in [4.69, 9.17) is 4.74 Å². The maximum Gasteiger partial charge on any atom is 0.407 e. The number of rotatable bonds is 7. The van der Waals surface area contributed by atoms with E-state index in [0.717, 1.165) is 19.4 Å². The van der Waals surface area contributed by atoms with Crippen LogP contribution in [0.15, 0.2) is 24.4 Å². The Morgan fingerprint density at radius 2 is 1.95 bits per heavy atom. The van der Waals surface area contributed by atoms with E-state index in [1.807, 2.05) is 20.8 Å². The van der Waals surface area contributed by atoms with Gasteiger partial charge in [-0.15, -0.1) is 0 Å². The Labute approximate surface area is 238 Å². The minimum Gasteiger partial charge on any atom is -0.444 e. The first-order chi connectivity index (χ1) is 18.0. The number of alkyl carbamates (subject to hydrolysis) is 1. The van der Waals surface area contributed by atoms with E-state index in [1.165, 1.54) is 34.0 Å². The third kappa shape index (κ3) is 6.00. The van der Waals surface area contributed by atoms with Gasteiger partial charge in [-0.3, -0.25) is 0 Å². The Hall–Kier alpha value is -2.61. The van der Waals surface area contributed by atoms with Crippen molar-refractivity contribution in [2.75, 3.05) is 17.2 Å².